The second-order valence-electron chi connectivity index (χ2n) is 10.2. The summed E-state index contributed by atoms with van der Waals surface area (Å²) in [4.78, 5) is 26.5. The number of rotatable bonds is 4. The van der Waals surface area contributed by atoms with Gasteiger partial charge in [-0.2, -0.15) is 5.10 Å². The van der Waals surface area contributed by atoms with Gasteiger partial charge >= 0.3 is 0 Å². The summed E-state index contributed by atoms with van der Waals surface area (Å²) in [5, 5.41) is 23.0. The lowest BCUT2D eigenvalue weighted by molar-refractivity contribution is -0.134. The zero-order chi connectivity index (χ0) is 23.2. The van der Waals surface area contributed by atoms with Crippen LogP contribution < -0.4 is 15.5 Å². The van der Waals surface area contributed by atoms with Gasteiger partial charge in [0.25, 0.3) is 0 Å². The average Bonchev–Trinajstić information content (AvgIpc) is 3.16. The van der Waals surface area contributed by atoms with Gasteiger partial charge in [-0.1, -0.05) is 12.1 Å². The van der Waals surface area contributed by atoms with Gasteiger partial charge in [0, 0.05) is 31.9 Å². The van der Waals surface area contributed by atoms with Crippen LogP contribution in [0.3, 0.4) is 0 Å². The molecule has 3 aliphatic heterocycles. The predicted octanol–water partition coefficient (Wildman–Crippen LogP) is 2.06. The third-order valence-corrected chi connectivity index (χ3v) is 8.27. The first kappa shape index (κ1) is 22.3. The van der Waals surface area contributed by atoms with Gasteiger partial charge in [-0.25, -0.2) is 0 Å². The van der Waals surface area contributed by atoms with Crippen molar-refractivity contribution in [2.24, 2.45) is 18.9 Å². The maximum atomic E-state index is 12.5. The molecule has 2 amide bonds. The zero-order valence-electron chi connectivity index (χ0n) is 19.6. The predicted molar refractivity (Wildman–Crippen MR) is 127 cm³/mol. The second kappa shape index (κ2) is 8.72. The molecule has 8 heteroatoms. The Morgan fingerprint density at radius 3 is 2.45 bits per heavy atom. The number of aryl methyl sites for hydroxylation is 1. The summed E-state index contributed by atoms with van der Waals surface area (Å²) < 4.78 is 1.88. The summed E-state index contributed by atoms with van der Waals surface area (Å²) in [6.07, 6.45) is 4.86. The molecule has 0 radical (unpaired) electrons. The van der Waals surface area contributed by atoms with Crippen LogP contribution in [0.4, 0.5) is 5.69 Å². The fourth-order valence-corrected chi connectivity index (χ4v) is 6.26. The van der Waals surface area contributed by atoms with Crippen molar-refractivity contribution >= 4 is 28.4 Å². The number of carbonyl (C=O) groups excluding carboxylic acids is 2. The first-order valence-electron chi connectivity index (χ1n) is 12.3. The Labute approximate surface area is 194 Å². The van der Waals surface area contributed by atoms with E-state index in [1.165, 1.54) is 0 Å². The van der Waals surface area contributed by atoms with Crippen molar-refractivity contribution in [2.75, 3.05) is 31.1 Å². The first-order valence-corrected chi connectivity index (χ1v) is 12.3. The SMILES string of the molecule is Cn1nc(C2CCC(=O)NC2=O)c2cccc(N3CCC([C@](C)(O)C4CCNCC4)CC3)c21. The minimum absolute atomic E-state index is 0.208. The number of carbonyl (C=O) groups is 2. The van der Waals surface area contributed by atoms with E-state index in [0.717, 1.165) is 74.1 Å². The topological polar surface area (TPSA) is 99.5 Å². The molecule has 0 bridgehead atoms. The highest BCUT2D eigenvalue weighted by Gasteiger charge is 2.41. The maximum Gasteiger partial charge on any atom is 0.235 e. The molecule has 1 aromatic heterocycles. The molecule has 1 aromatic carbocycles. The monoisotopic (exact) mass is 453 g/mol. The largest absolute Gasteiger partial charge is 0.390 e. The maximum absolute atomic E-state index is 12.5. The summed E-state index contributed by atoms with van der Waals surface area (Å²) in [6.45, 7) is 5.83. The molecule has 5 rings (SSSR count). The number of hydrogen-bond acceptors (Lipinski definition) is 6. The zero-order valence-corrected chi connectivity index (χ0v) is 19.6. The van der Waals surface area contributed by atoms with E-state index in [1.54, 1.807) is 0 Å². The van der Waals surface area contributed by atoms with Gasteiger partial charge in [-0.3, -0.25) is 19.6 Å². The van der Waals surface area contributed by atoms with Gasteiger partial charge in [-0.15, -0.1) is 0 Å². The Hall–Kier alpha value is -2.45. The average molecular weight is 454 g/mol. The number of aromatic nitrogens is 2. The lowest BCUT2D eigenvalue weighted by atomic mass is 9.70. The van der Waals surface area contributed by atoms with Gasteiger partial charge in [0.1, 0.15) is 0 Å². The molecule has 0 aliphatic carbocycles. The highest BCUT2D eigenvalue weighted by molar-refractivity contribution is 6.03. The molecule has 8 nitrogen and oxygen atoms in total. The van der Waals surface area contributed by atoms with E-state index in [2.05, 4.69) is 28.5 Å². The minimum atomic E-state index is -0.619. The summed E-state index contributed by atoms with van der Waals surface area (Å²) in [5.74, 6) is -0.181. The third-order valence-electron chi connectivity index (χ3n) is 8.27. The fraction of sp³-hybridized carbons (Fsp3) is 0.640. The van der Waals surface area contributed by atoms with E-state index in [-0.39, 0.29) is 11.8 Å². The van der Waals surface area contributed by atoms with Gasteiger partial charge in [0.15, 0.2) is 0 Å². The normalized spacial score (nSPS) is 25.3. The number of aliphatic hydroxyl groups is 1. The third kappa shape index (κ3) is 4.04. The number of nitrogens with zero attached hydrogens (tertiary/aromatic N) is 3. The standard InChI is InChI=1S/C25H35N5O3/c1-25(33,16-8-12-26-13-9-16)17-10-14-30(15-11-17)20-5-3-4-18-22(28-29(2)23(18)20)19-6-7-21(31)27-24(19)32/h3-5,16-17,19,26,33H,6-15H2,1-2H3,(H,27,31,32)/t19?,25-/m1/s1. The molecular formula is C25H35N5O3. The Morgan fingerprint density at radius 2 is 1.76 bits per heavy atom. The Bertz CT molecular complexity index is 1050. The van der Waals surface area contributed by atoms with E-state index in [4.69, 9.17) is 5.10 Å². The molecule has 0 spiro atoms. The van der Waals surface area contributed by atoms with Crippen LogP contribution in [0, 0.1) is 11.8 Å². The lowest BCUT2D eigenvalue weighted by Crippen LogP contribution is -2.50. The number of amides is 2. The lowest BCUT2D eigenvalue weighted by Gasteiger charge is -2.45. The van der Waals surface area contributed by atoms with Crippen molar-refractivity contribution in [1.82, 2.24) is 20.4 Å². The summed E-state index contributed by atoms with van der Waals surface area (Å²) in [6, 6.07) is 6.19. The molecule has 3 fully saturated rings. The smallest absolute Gasteiger partial charge is 0.235 e. The first-order chi connectivity index (χ1) is 15.9. The van der Waals surface area contributed by atoms with Gasteiger partial charge in [-0.05, 0) is 70.0 Å². The Balaban J connectivity index is 1.36. The molecule has 1 unspecified atom stereocenters. The van der Waals surface area contributed by atoms with E-state index in [9.17, 15) is 14.7 Å². The highest BCUT2D eigenvalue weighted by atomic mass is 16.3. The molecule has 3 N–H and O–H groups in total. The van der Waals surface area contributed by atoms with Gasteiger partial charge in [0.2, 0.25) is 11.8 Å². The van der Waals surface area contributed by atoms with Crippen LogP contribution in [0.15, 0.2) is 18.2 Å². The molecule has 2 atom stereocenters. The molecule has 3 aliphatic rings. The molecule has 178 valence electrons. The van der Waals surface area contributed by atoms with E-state index >= 15 is 0 Å². The van der Waals surface area contributed by atoms with E-state index in [0.29, 0.717) is 24.7 Å². The van der Waals surface area contributed by atoms with Crippen LogP contribution in [-0.2, 0) is 16.6 Å². The van der Waals surface area contributed by atoms with Crippen LogP contribution in [0.5, 0.6) is 0 Å². The number of para-hydroxylation sites is 1. The number of hydrogen-bond donors (Lipinski definition) is 3. The molecular weight excluding hydrogens is 418 g/mol. The summed E-state index contributed by atoms with van der Waals surface area (Å²) in [7, 11) is 1.93. The Kier molecular flexibility index (Phi) is 5.91. The Morgan fingerprint density at radius 1 is 1.06 bits per heavy atom. The van der Waals surface area contributed by atoms with Crippen molar-refractivity contribution in [3.05, 3.63) is 23.9 Å². The number of benzene rings is 1. The summed E-state index contributed by atoms with van der Waals surface area (Å²) in [5.41, 5.74) is 2.29. The van der Waals surface area contributed by atoms with Crippen molar-refractivity contribution < 1.29 is 14.7 Å². The van der Waals surface area contributed by atoms with Crippen LogP contribution in [-0.4, -0.2) is 58.5 Å². The van der Waals surface area contributed by atoms with Crippen LogP contribution in [0.2, 0.25) is 0 Å². The molecule has 0 saturated carbocycles. The number of anilines is 1. The highest BCUT2D eigenvalue weighted by Crippen LogP contribution is 2.40. The van der Waals surface area contributed by atoms with Crippen molar-refractivity contribution in [1.29, 1.82) is 0 Å². The number of fused-ring (bicyclic) bond motifs is 1. The van der Waals surface area contributed by atoms with E-state index in [1.807, 2.05) is 23.9 Å². The molecule has 4 heterocycles. The second-order valence-corrected chi connectivity index (χ2v) is 10.2. The van der Waals surface area contributed by atoms with Crippen LogP contribution >= 0.6 is 0 Å². The van der Waals surface area contributed by atoms with Gasteiger partial charge < -0.3 is 15.3 Å². The minimum Gasteiger partial charge on any atom is -0.390 e. The molecule has 33 heavy (non-hydrogen) atoms. The summed E-state index contributed by atoms with van der Waals surface area (Å²) >= 11 is 0. The molecule has 2 aromatic rings. The van der Waals surface area contributed by atoms with E-state index < -0.39 is 11.5 Å². The van der Waals surface area contributed by atoms with Crippen LogP contribution in [0.25, 0.3) is 10.9 Å². The van der Waals surface area contributed by atoms with Crippen molar-refractivity contribution in [2.45, 2.75) is 57.0 Å². The van der Waals surface area contributed by atoms with Crippen LogP contribution in [0.1, 0.15) is 57.1 Å². The fourth-order valence-electron chi connectivity index (χ4n) is 6.26. The quantitative estimate of drug-likeness (QED) is 0.613. The van der Waals surface area contributed by atoms with Gasteiger partial charge in [0.05, 0.1) is 28.4 Å². The van der Waals surface area contributed by atoms with Crippen molar-refractivity contribution in [3.63, 3.8) is 0 Å². The number of piperidine rings is 3. The molecule has 3 saturated heterocycles. The number of imide groups is 1. The number of nitrogens with one attached hydrogen (secondary N) is 2. The van der Waals surface area contributed by atoms with Crippen molar-refractivity contribution in [3.8, 4) is 0 Å².